The second kappa shape index (κ2) is 5.37. The molecule has 0 aliphatic carbocycles. The third kappa shape index (κ3) is 3.34. The zero-order chi connectivity index (χ0) is 12.3. The van der Waals surface area contributed by atoms with E-state index in [0.29, 0.717) is 0 Å². The molecule has 0 fully saturated rings. The van der Waals surface area contributed by atoms with Gasteiger partial charge in [0.15, 0.2) is 0 Å². The van der Waals surface area contributed by atoms with Crippen LogP contribution >= 0.6 is 11.8 Å². The van der Waals surface area contributed by atoms with E-state index in [4.69, 9.17) is 0 Å². The molecule has 0 atom stereocenters. The number of aryl methyl sites for hydroxylation is 3. The molecule has 0 spiro atoms. The van der Waals surface area contributed by atoms with Crippen molar-refractivity contribution in [1.82, 2.24) is 4.98 Å². The number of benzene rings is 1. The Morgan fingerprint density at radius 3 is 2.47 bits per heavy atom. The molecule has 2 aromatic rings. The van der Waals surface area contributed by atoms with Crippen molar-refractivity contribution in [3.63, 3.8) is 0 Å². The van der Waals surface area contributed by atoms with Crippen molar-refractivity contribution in [2.75, 3.05) is 0 Å². The lowest BCUT2D eigenvalue weighted by atomic mass is 10.1. The van der Waals surface area contributed by atoms with Crippen LogP contribution in [0.15, 0.2) is 41.6 Å². The number of rotatable bonds is 3. The number of nitrogens with zero attached hydrogens (tertiary/aromatic N) is 1. The second-order valence-corrected chi connectivity index (χ2v) is 5.39. The summed E-state index contributed by atoms with van der Waals surface area (Å²) in [5.41, 5.74) is 5.29. The van der Waals surface area contributed by atoms with Gasteiger partial charge in [0.05, 0.1) is 5.03 Å². The van der Waals surface area contributed by atoms with Gasteiger partial charge in [0, 0.05) is 11.9 Å². The van der Waals surface area contributed by atoms with Crippen LogP contribution in [0, 0.1) is 20.8 Å². The second-order valence-electron chi connectivity index (χ2n) is 4.39. The number of thioether (sulfide) groups is 1. The van der Waals surface area contributed by atoms with E-state index in [2.05, 4.69) is 56.1 Å². The summed E-state index contributed by atoms with van der Waals surface area (Å²) in [5.74, 6) is 0.990. The molecule has 0 unspecified atom stereocenters. The molecule has 1 aromatic carbocycles. The molecular weight excluding hydrogens is 226 g/mol. The van der Waals surface area contributed by atoms with E-state index in [1.807, 2.05) is 6.20 Å². The number of aromatic nitrogens is 1. The Labute approximate surface area is 107 Å². The number of pyridine rings is 1. The van der Waals surface area contributed by atoms with Crippen molar-refractivity contribution >= 4 is 11.8 Å². The first-order valence-electron chi connectivity index (χ1n) is 5.77. The van der Waals surface area contributed by atoms with Gasteiger partial charge >= 0.3 is 0 Å². The van der Waals surface area contributed by atoms with Crippen molar-refractivity contribution in [3.05, 3.63) is 58.8 Å². The molecular formula is C15H17NS. The summed E-state index contributed by atoms with van der Waals surface area (Å²) in [6.45, 7) is 6.36. The van der Waals surface area contributed by atoms with Gasteiger partial charge in [0.25, 0.3) is 0 Å². The highest BCUT2D eigenvalue weighted by atomic mass is 32.2. The summed E-state index contributed by atoms with van der Waals surface area (Å²) >= 11 is 1.79. The highest BCUT2D eigenvalue weighted by Gasteiger charge is 2.01. The average molecular weight is 243 g/mol. The molecule has 0 radical (unpaired) electrons. The molecule has 1 nitrogen and oxygen atoms in total. The van der Waals surface area contributed by atoms with E-state index in [9.17, 15) is 0 Å². The molecule has 0 saturated carbocycles. The summed E-state index contributed by atoms with van der Waals surface area (Å²) in [7, 11) is 0. The Bertz CT molecular complexity index is 503. The van der Waals surface area contributed by atoms with Gasteiger partial charge in [-0.3, -0.25) is 0 Å². The van der Waals surface area contributed by atoms with Crippen LogP contribution in [0.5, 0.6) is 0 Å². The van der Waals surface area contributed by atoms with Gasteiger partial charge in [-0.15, -0.1) is 11.8 Å². The summed E-state index contributed by atoms with van der Waals surface area (Å²) in [4.78, 5) is 4.41. The number of hydrogen-bond acceptors (Lipinski definition) is 2. The lowest BCUT2D eigenvalue weighted by Gasteiger charge is -2.06. The summed E-state index contributed by atoms with van der Waals surface area (Å²) < 4.78 is 0. The van der Waals surface area contributed by atoms with Gasteiger partial charge in [-0.25, -0.2) is 4.98 Å². The van der Waals surface area contributed by atoms with Gasteiger partial charge in [0.2, 0.25) is 0 Å². The quantitative estimate of drug-likeness (QED) is 0.745. The van der Waals surface area contributed by atoms with Gasteiger partial charge < -0.3 is 0 Å². The predicted molar refractivity (Wildman–Crippen MR) is 74.5 cm³/mol. The topological polar surface area (TPSA) is 12.9 Å². The first-order valence-corrected chi connectivity index (χ1v) is 6.75. The van der Waals surface area contributed by atoms with Crippen LogP contribution in [0.1, 0.15) is 22.3 Å². The minimum atomic E-state index is 0.990. The lowest BCUT2D eigenvalue weighted by Crippen LogP contribution is -1.89. The van der Waals surface area contributed by atoms with Crippen LogP contribution in [0.25, 0.3) is 0 Å². The number of hydrogen-bond donors (Lipinski definition) is 0. The summed E-state index contributed by atoms with van der Waals surface area (Å²) in [5, 5.41) is 1.09. The van der Waals surface area contributed by atoms with E-state index in [-0.39, 0.29) is 0 Å². The standard InChI is InChI=1S/C15H17NS/c1-11-4-6-13(3)14(8-11)10-17-15-7-5-12(2)9-16-15/h4-9H,10H2,1-3H3. The van der Waals surface area contributed by atoms with Crippen LogP contribution in [0.3, 0.4) is 0 Å². The van der Waals surface area contributed by atoms with Crippen LogP contribution < -0.4 is 0 Å². The summed E-state index contributed by atoms with van der Waals surface area (Å²) in [6, 6.07) is 10.8. The van der Waals surface area contributed by atoms with Gasteiger partial charge in [-0.05, 0) is 43.5 Å². The SMILES string of the molecule is Cc1ccc(SCc2cc(C)ccc2C)nc1. The zero-order valence-corrected chi connectivity index (χ0v) is 11.3. The average Bonchev–Trinajstić information content (AvgIpc) is 2.32. The van der Waals surface area contributed by atoms with Crippen molar-refractivity contribution < 1.29 is 0 Å². The predicted octanol–water partition coefficient (Wildman–Crippen LogP) is 4.30. The first-order chi connectivity index (χ1) is 8.15. The summed E-state index contributed by atoms with van der Waals surface area (Å²) in [6.07, 6.45) is 1.92. The molecule has 0 bridgehead atoms. The third-order valence-electron chi connectivity index (χ3n) is 2.76. The van der Waals surface area contributed by atoms with Crippen LogP contribution in [-0.2, 0) is 5.75 Å². The van der Waals surface area contributed by atoms with Crippen LogP contribution in [0.4, 0.5) is 0 Å². The first kappa shape index (κ1) is 12.2. The fraction of sp³-hybridized carbons (Fsp3) is 0.267. The largest absolute Gasteiger partial charge is 0.250 e. The molecule has 0 aliphatic heterocycles. The fourth-order valence-electron chi connectivity index (χ4n) is 1.65. The molecule has 0 amide bonds. The third-order valence-corrected chi connectivity index (χ3v) is 3.76. The van der Waals surface area contributed by atoms with Crippen LogP contribution in [0.2, 0.25) is 0 Å². The van der Waals surface area contributed by atoms with E-state index < -0.39 is 0 Å². The maximum Gasteiger partial charge on any atom is 0.0963 e. The fourth-order valence-corrected chi connectivity index (χ4v) is 2.55. The molecule has 1 aromatic heterocycles. The van der Waals surface area contributed by atoms with Gasteiger partial charge in [0.1, 0.15) is 0 Å². The monoisotopic (exact) mass is 243 g/mol. The van der Waals surface area contributed by atoms with E-state index in [0.717, 1.165) is 10.8 Å². The highest BCUT2D eigenvalue weighted by molar-refractivity contribution is 7.98. The van der Waals surface area contributed by atoms with Gasteiger partial charge in [-0.2, -0.15) is 0 Å². The van der Waals surface area contributed by atoms with Crippen molar-refractivity contribution in [2.45, 2.75) is 31.6 Å². The Morgan fingerprint density at radius 1 is 1.00 bits per heavy atom. The Balaban J connectivity index is 2.07. The molecule has 17 heavy (non-hydrogen) atoms. The Kier molecular flexibility index (Phi) is 3.85. The maximum absolute atomic E-state index is 4.41. The molecule has 1 heterocycles. The molecule has 2 rings (SSSR count). The maximum atomic E-state index is 4.41. The van der Waals surface area contributed by atoms with Crippen molar-refractivity contribution in [2.24, 2.45) is 0 Å². The molecule has 2 heteroatoms. The minimum Gasteiger partial charge on any atom is -0.250 e. The minimum absolute atomic E-state index is 0.990. The van der Waals surface area contributed by atoms with Crippen LogP contribution in [-0.4, -0.2) is 4.98 Å². The Morgan fingerprint density at radius 2 is 1.76 bits per heavy atom. The van der Waals surface area contributed by atoms with E-state index in [1.165, 1.54) is 22.3 Å². The van der Waals surface area contributed by atoms with E-state index >= 15 is 0 Å². The molecule has 0 N–H and O–H groups in total. The molecule has 0 saturated heterocycles. The Hall–Kier alpha value is -1.28. The lowest BCUT2D eigenvalue weighted by molar-refractivity contribution is 1.10. The highest BCUT2D eigenvalue weighted by Crippen LogP contribution is 2.23. The van der Waals surface area contributed by atoms with Crippen molar-refractivity contribution in [1.29, 1.82) is 0 Å². The zero-order valence-electron chi connectivity index (χ0n) is 10.5. The molecule has 88 valence electrons. The smallest absolute Gasteiger partial charge is 0.0963 e. The van der Waals surface area contributed by atoms with Gasteiger partial charge in [-0.1, -0.05) is 29.8 Å². The molecule has 0 aliphatic rings. The normalized spacial score (nSPS) is 10.5. The van der Waals surface area contributed by atoms with E-state index in [1.54, 1.807) is 11.8 Å². The van der Waals surface area contributed by atoms with Crippen molar-refractivity contribution in [3.8, 4) is 0 Å².